The molecule has 0 spiro atoms. The zero-order valence-electron chi connectivity index (χ0n) is 7.45. The molecule has 4 N–H and O–H groups in total. The van der Waals surface area contributed by atoms with Crippen molar-refractivity contribution in [3.63, 3.8) is 0 Å². The van der Waals surface area contributed by atoms with Gasteiger partial charge in [0, 0.05) is 6.54 Å². The number of nitrogens with zero attached hydrogens (tertiary/aromatic N) is 3. The molecule has 0 saturated heterocycles. The Morgan fingerprint density at radius 2 is 2.36 bits per heavy atom. The van der Waals surface area contributed by atoms with Gasteiger partial charge in [-0.25, -0.2) is 4.98 Å². The first kappa shape index (κ1) is 10.6. The molecule has 1 aromatic heterocycles. The van der Waals surface area contributed by atoms with Crippen molar-refractivity contribution in [2.24, 2.45) is 5.73 Å². The summed E-state index contributed by atoms with van der Waals surface area (Å²) >= 11 is 0. The van der Waals surface area contributed by atoms with Gasteiger partial charge in [0.05, 0.1) is 6.10 Å². The van der Waals surface area contributed by atoms with Crippen LogP contribution < -0.4 is 5.73 Å². The highest BCUT2D eigenvalue weighted by atomic mass is 16.4. The average Bonchev–Trinajstić information content (AvgIpc) is 2.65. The van der Waals surface area contributed by atoms with Crippen LogP contribution in [-0.2, 0) is 11.3 Å². The molecule has 2 atom stereocenters. The molecule has 0 aliphatic carbocycles. The van der Waals surface area contributed by atoms with Crippen LogP contribution in [0.4, 0.5) is 0 Å². The van der Waals surface area contributed by atoms with Gasteiger partial charge in [-0.1, -0.05) is 0 Å². The zero-order valence-corrected chi connectivity index (χ0v) is 7.45. The van der Waals surface area contributed by atoms with Gasteiger partial charge in [-0.3, -0.25) is 9.48 Å². The number of rotatable bonds is 5. The lowest BCUT2D eigenvalue weighted by Crippen LogP contribution is -2.42. The summed E-state index contributed by atoms with van der Waals surface area (Å²) in [6.07, 6.45) is 2.01. The Kier molecular flexibility index (Phi) is 3.55. The highest BCUT2D eigenvalue weighted by molar-refractivity contribution is 5.73. The van der Waals surface area contributed by atoms with Gasteiger partial charge in [-0.05, 0) is 6.42 Å². The maximum Gasteiger partial charge on any atom is 0.323 e. The standard InChI is InChI=1S/C7H12N4O3/c8-6(7(13)14)5(12)1-2-11-4-9-3-10-11/h3-6,12H,1-2,8H2,(H,13,14). The first-order chi connectivity index (χ1) is 6.61. The fourth-order valence-electron chi connectivity index (χ4n) is 0.957. The number of carboxylic acid groups (broad SMARTS) is 1. The molecular formula is C7H12N4O3. The molecule has 1 aromatic rings. The summed E-state index contributed by atoms with van der Waals surface area (Å²) in [6.45, 7) is 0.391. The van der Waals surface area contributed by atoms with E-state index < -0.39 is 18.1 Å². The Hall–Kier alpha value is -1.47. The predicted octanol–water partition coefficient (Wildman–Crippen LogP) is -1.56. The highest BCUT2D eigenvalue weighted by Gasteiger charge is 2.21. The van der Waals surface area contributed by atoms with E-state index in [-0.39, 0.29) is 6.42 Å². The minimum Gasteiger partial charge on any atom is -0.480 e. The van der Waals surface area contributed by atoms with Crippen molar-refractivity contribution in [2.45, 2.75) is 25.1 Å². The third kappa shape index (κ3) is 2.79. The summed E-state index contributed by atoms with van der Waals surface area (Å²) in [5, 5.41) is 21.6. The number of aliphatic carboxylic acids is 1. The smallest absolute Gasteiger partial charge is 0.323 e. The van der Waals surface area contributed by atoms with Crippen molar-refractivity contribution in [1.29, 1.82) is 0 Å². The van der Waals surface area contributed by atoms with Crippen LogP contribution in [0.3, 0.4) is 0 Å². The second-order valence-electron chi connectivity index (χ2n) is 2.88. The van der Waals surface area contributed by atoms with Crippen molar-refractivity contribution < 1.29 is 15.0 Å². The summed E-state index contributed by atoms with van der Waals surface area (Å²) < 4.78 is 1.50. The lowest BCUT2D eigenvalue weighted by molar-refractivity contribution is -0.141. The molecule has 7 heteroatoms. The van der Waals surface area contributed by atoms with Gasteiger partial charge in [-0.15, -0.1) is 0 Å². The molecule has 78 valence electrons. The van der Waals surface area contributed by atoms with E-state index in [0.29, 0.717) is 6.54 Å². The Morgan fingerprint density at radius 1 is 1.64 bits per heavy atom. The molecular weight excluding hydrogens is 188 g/mol. The number of nitrogens with two attached hydrogens (primary N) is 1. The van der Waals surface area contributed by atoms with Gasteiger partial charge in [-0.2, -0.15) is 5.10 Å². The van der Waals surface area contributed by atoms with Gasteiger partial charge in [0.2, 0.25) is 0 Å². The van der Waals surface area contributed by atoms with Crippen LogP contribution >= 0.6 is 0 Å². The molecule has 2 unspecified atom stereocenters. The van der Waals surface area contributed by atoms with Crippen LogP contribution in [0.15, 0.2) is 12.7 Å². The lowest BCUT2D eigenvalue weighted by Gasteiger charge is -2.14. The molecule has 0 aromatic carbocycles. The summed E-state index contributed by atoms with van der Waals surface area (Å²) in [4.78, 5) is 14.1. The monoisotopic (exact) mass is 200 g/mol. The SMILES string of the molecule is NC(C(=O)O)C(O)CCn1cncn1. The van der Waals surface area contributed by atoms with Gasteiger partial charge in [0.25, 0.3) is 0 Å². The van der Waals surface area contributed by atoms with E-state index in [9.17, 15) is 9.90 Å². The second-order valence-corrected chi connectivity index (χ2v) is 2.88. The number of carbonyl (C=O) groups is 1. The van der Waals surface area contributed by atoms with E-state index in [1.807, 2.05) is 0 Å². The lowest BCUT2D eigenvalue weighted by atomic mass is 10.1. The minimum absolute atomic E-state index is 0.233. The summed E-state index contributed by atoms with van der Waals surface area (Å²) in [5.41, 5.74) is 5.20. The fourth-order valence-corrected chi connectivity index (χ4v) is 0.957. The number of carboxylic acids is 1. The number of aliphatic hydroxyl groups is 1. The van der Waals surface area contributed by atoms with E-state index in [1.54, 1.807) is 0 Å². The van der Waals surface area contributed by atoms with Crippen molar-refractivity contribution >= 4 is 5.97 Å². The number of aryl methyl sites for hydroxylation is 1. The molecule has 0 amide bonds. The van der Waals surface area contributed by atoms with Gasteiger partial charge >= 0.3 is 5.97 Å². The third-order valence-electron chi connectivity index (χ3n) is 1.82. The van der Waals surface area contributed by atoms with Crippen LogP contribution in [0, 0.1) is 0 Å². The maximum atomic E-state index is 10.4. The molecule has 0 aliphatic heterocycles. The molecule has 0 aliphatic rings. The number of aromatic nitrogens is 3. The quantitative estimate of drug-likeness (QED) is 0.529. The molecule has 1 rings (SSSR count). The Labute approximate surface area is 80.2 Å². The number of aliphatic hydroxyl groups excluding tert-OH is 1. The first-order valence-corrected chi connectivity index (χ1v) is 4.10. The third-order valence-corrected chi connectivity index (χ3v) is 1.82. The normalized spacial score (nSPS) is 15.0. The van der Waals surface area contributed by atoms with Crippen LogP contribution in [-0.4, -0.2) is 43.1 Å². The molecule has 0 saturated carbocycles. The van der Waals surface area contributed by atoms with E-state index in [2.05, 4.69) is 10.1 Å². The van der Waals surface area contributed by atoms with Crippen molar-refractivity contribution in [3.8, 4) is 0 Å². The van der Waals surface area contributed by atoms with Crippen LogP contribution in [0.2, 0.25) is 0 Å². The zero-order chi connectivity index (χ0) is 10.6. The van der Waals surface area contributed by atoms with E-state index in [0.717, 1.165) is 0 Å². The molecule has 0 fully saturated rings. The van der Waals surface area contributed by atoms with E-state index in [4.69, 9.17) is 10.8 Å². The molecule has 0 bridgehead atoms. The van der Waals surface area contributed by atoms with E-state index in [1.165, 1.54) is 17.3 Å². The molecule has 0 radical (unpaired) electrons. The Bertz CT molecular complexity index is 287. The predicted molar refractivity (Wildman–Crippen MR) is 46.3 cm³/mol. The van der Waals surface area contributed by atoms with Crippen LogP contribution in [0.1, 0.15) is 6.42 Å². The van der Waals surface area contributed by atoms with Crippen molar-refractivity contribution in [3.05, 3.63) is 12.7 Å². The van der Waals surface area contributed by atoms with Gasteiger partial charge < -0.3 is 15.9 Å². The van der Waals surface area contributed by atoms with E-state index >= 15 is 0 Å². The van der Waals surface area contributed by atoms with Gasteiger partial charge in [0.1, 0.15) is 18.7 Å². The molecule has 14 heavy (non-hydrogen) atoms. The topological polar surface area (TPSA) is 114 Å². The van der Waals surface area contributed by atoms with Crippen molar-refractivity contribution in [2.75, 3.05) is 0 Å². The average molecular weight is 200 g/mol. The molecule has 7 nitrogen and oxygen atoms in total. The summed E-state index contributed by atoms with van der Waals surface area (Å²) in [6, 6.07) is -1.25. The summed E-state index contributed by atoms with van der Waals surface area (Å²) in [7, 11) is 0. The largest absolute Gasteiger partial charge is 0.480 e. The number of hydrogen-bond donors (Lipinski definition) is 3. The first-order valence-electron chi connectivity index (χ1n) is 4.10. The van der Waals surface area contributed by atoms with Gasteiger partial charge in [0.15, 0.2) is 0 Å². The molecule has 1 heterocycles. The van der Waals surface area contributed by atoms with Crippen molar-refractivity contribution in [1.82, 2.24) is 14.8 Å². The Morgan fingerprint density at radius 3 is 2.86 bits per heavy atom. The fraction of sp³-hybridized carbons (Fsp3) is 0.571. The Balaban J connectivity index is 2.34. The van der Waals surface area contributed by atoms with Crippen LogP contribution in [0.25, 0.3) is 0 Å². The minimum atomic E-state index is -1.25. The number of hydrogen-bond acceptors (Lipinski definition) is 5. The van der Waals surface area contributed by atoms with Crippen LogP contribution in [0.5, 0.6) is 0 Å². The maximum absolute atomic E-state index is 10.4. The summed E-state index contributed by atoms with van der Waals surface area (Å²) in [5.74, 6) is -1.21. The second kappa shape index (κ2) is 4.68. The highest BCUT2D eigenvalue weighted by Crippen LogP contribution is 1.99.